The summed E-state index contributed by atoms with van der Waals surface area (Å²) in [6.45, 7) is 4.28. The number of carbonyl (C=O) groups is 2. The number of imide groups is 1. The van der Waals surface area contributed by atoms with Crippen LogP contribution in [0.2, 0.25) is 0 Å². The molecule has 7 heteroatoms. The van der Waals surface area contributed by atoms with E-state index in [1.165, 1.54) is 24.4 Å². The van der Waals surface area contributed by atoms with Crippen molar-refractivity contribution < 1.29 is 9.59 Å². The summed E-state index contributed by atoms with van der Waals surface area (Å²) in [4.78, 5) is 27.1. The van der Waals surface area contributed by atoms with E-state index in [1.54, 1.807) is 6.20 Å². The number of amides is 3. The lowest BCUT2D eigenvalue weighted by Crippen LogP contribution is -2.38. The number of urea groups is 1. The SMILES string of the molecule is CNC(=O)NC(=O)CSc1nccn1-c1ccccc1C(C)C. The summed E-state index contributed by atoms with van der Waals surface area (Å²) in [5.74, 6) is 0.137. The molecule has 0 atom stereocenters. The molecule has 6 nitrogen and oxygen atoms in total. The van der Waals surface area contributed by atoms with Crippen LogP contribution in [0.15, 0.2) is 41.8 Å². The van der Waals surface area contributed by atoms with Crippen LogP contribution >= 0.6 is 11.8 Å². The summed E-state index contributed by atoms with van der Waals surface area (Å²) in [5, 5.41) is 5.29. The summed E-state index contributed by atoms with van der Waals surface area (Å²) in [6, 6.07) is 7.61. The highest BCUT2D eigenvalue weighted by Crippen LogP contribution is 2.26. The fourth-order valence-electron chi connectivity index (χ4n) is 2.13. The Hall–Kier alpha value is -2.28. The summed E-state index contributed by atoms with van der Waals surface area (Å²) in [6.07, 6.45) is 3.58. The Balaban J connectivity index is 2.15. The molecule has 0 fully saturated rings. The number of benzene rings is 1. The largest absolute Gasteiger partial charge is 0.341 e. The zero-order chi connectivity index (χ0) is 16.8. The maximum Gasteiger partial charge on any atom is 0.321 e. The first kappa shape index (κ1) is 17.1. The average molecular weight is 332 g/mol. The number of nitrogens with zero attached hydrogens (tertiary/aromatic N) is 2. The maximum absolute atomic E-state index is 11.7. The molecule has 122 valence electrons. The van der Waals surface area contributed by atoms with E-state index in [0.717, 1.165) is 5.69 Å². The van der Waals surface area contributed by atoms with Crippen LogP contribution in [0, 0.1) is 0 Å². The van der Waals surface area contributed by atoms with Gasteiger partial charge in [-0.05, 0) is 17.5 Å². The molecule has 2 N–H and O–H groups in total. The highest BCUT2D eigenvalue weighted by molar-refractivity contribution is 7.99. The van der Waals surface area contributed by atoms with Crippen molar-refractivity contribution in [1.29, 1.82) is 0 Å². The predicted molar refractivity (Wildman–Crippen MR) is 91.0 cm³/mol. The number of hydrogen-bond acceptors (Lipinski definition) is 4. The Morgan fingerprint density at radius 3 is 2.74 bits per heavy atom. The van der Waals surface area contributed by atoms with E-state index in [1.807, 2.05) is 29.0 Å². The first-order valence-corrected chi connectivity index (χ1v) is 8.28. The molecule has 0 radical (unpaired) electrons. The third-order valence-electron chi connectivity index (χ3n) is 3.24. The van der Waals surface area contributed by atoms with Crippen LogP contribution in [0.5, 0.6) is 0 Å². The lowest BCUT2D eigenvalue weighted by atomic mass is 10.0. The number of rotatable bonds is 5. The Labute approximate surface area is 139 Å². The molecule has 0 spiro atoms. The van der Waals surface area contributed by atoms with Gasteiger partial charge in [-0.2, -0.15) is 0 Å². The number of thioether (sulfide) groups is 1. The fraction of sp³-hybridized carbons (Fsp3) is 0.312. The number of aromatic nitrogens is 2. The zero-order valence-electron chi connectivity index (χ0n) is 13.4. The topological polar surface area (TPSA) is 76.0 Å². The van der Waals surface area contributed by atoms with Crippen LogP contribution < -0.4 is 10.6 Å². The average Bonchev–Trinajstić information content (AvgIpc) is 3.01. The second-order valence-electron chi connectivity index (χ2n) is 5.21. The summed E-state index contributed by atoms with van der Waals surface area (Å²) in [5.41, 5.74) is 2.26. The Kier molecular flexibility index (Phi) is 5.81. The van der Waals surface area contributed by atoms with E-state index in [2.05, 4.69) is 35.5 Å². The second kappa shape index (κ2) is 7.82. The highest BCUT2D eigenvalue weighted by Gasteiger charge is 2.13. The van der Waals surface area contributed by atoms with Crippen molar-refractivity contribution in [3.63, 3.8) is 0 Å². The minimum Gasteiger partial charge on any atom is -0.341 e. The van der Waals surface area contributed by atoms with Crippen molar-refractivity contribution in [3.8, 4) is 5.69 Å². The van der Waals surface area contributed by atoms with E-state index in [0.29, 0.717) is 11.1 Å². The minimum atomic E-state index is -0.510. The van der Waals surface area contributed by atoms with Gasteiger partial charge < -0.3 is 5.32 Å². The van der Waals surface area contributed by atoms with Gasteiger partial charge in [0, 0.05) is 19.4 Å². The molecule has 1 heterocycles. The minimum absolute atomic E-state index is 0.119. The van der Waals surface area contributed by atoms with Crippen LogP contribution in [-0.2, 0) is 4.79 Å². The smallest absolute Gasteiger partial charge is 0.321 e. The molecule has 0 saturated carbocycles. The molecule has 0 aliphatic carbocycles. The molecular weight excluding hydrogens is 312 g/mol. The van der Waals surface area contributed by atoms with Crippen molar-refractivity contribution in [1.82, 2.24) is 20.2 Å². The third kappa shape index (κ3) is 4.35. The van der Waals surface area contributed by atoms with E-state index in [-0.39, 0.29) is 11.7 Å². The van der Waals surface area contributed by atoms with Crippen molar-refractivity contribution in [3.05, 3.63) is 42.2 Å². The van der Waals surface area contributed by atoms with Gasteiger partial charge in [-0.3, -0.25) is 14.7 Å². The van der Waals surface area contributed by atoms with Crippen LogP contribution in [0.25, 0.3) is 5.69 Å². The first-order chi connectivity index (χ1) is 11.0. The van der Waals surface area contributed by atoms with Gasteiger partial charge in [0.05, 0.1) is 11.4 Å². The lowest BCUT2D eigenvalue weighted by Gasteiger charge is -2.15. The molecule has 1 aromatic carbocycles. The molecule has 0 saturated heterocycles. The Morgan fingerprint density at radius 1 is 1.30 bits per heavy atom. The van der Waals surface area contributed by atoms with Gasteiger partial charge in [0.2, 0.25) is 5.91 Å². The summed E-state index contributed by atoms with van der Waals surface area (Å²) in [7, 11) is 1.46. The number of imidazole rings is 1. The van der Waals surface area contributed by atoms with Crippen molar-refractivity contribution >= 4 is 23.7 Å². The number of carbonyl (C=O) groups excluding carboxylic acids is 2. The maximum atomic E-state index is 11.7. The number of hydrogen-bond donors (Lipinski definition) is 2. The van der Waals surface area contributed by atoms with Crippen molar-refractivity contribution in [2.45, 2.75) is 24.9 Å². The standard InChI is InChI=1S/C16H20N4O2S/c1-11(2)12-6-4-5-7-13(12)20-9-8-18-16(20)23-10-14(21)19-15(22)17-3/h4-9,11H,10H2,1-3H3,(H2,17,19,21,22). The molecular formula is C16H20N4O2S. The van der Waals surface area contributed by atoms with Gasteiger partial charge in [0.1, 0.15) is 0 Å². The lowest BCUT2D eigenvalue weighted by molar-refractivity contribution is -0.117. The normalized spacial score (nSPS) is 10.6. The van der Waals surface area contributed by atoms with E-state index in [9.17, 15) is 9.59 Å². The van der Waals surface area contributed by atoms with Gasteiger partial charge in [0.15, 0.2) is 5.16 Å². The Bertz CT molecular complexity index is 697. The molecule has 2 rings (SSSR count). The first-order valence-electron chi connectivity index (χ1n) is 7.30. The monoisotopic (exact) mass is 332 g/mol. The van der Waals surface area contributed by atoms with Crippen molar-refractivity contribution in [2.24, 2.45) is 0 Å². The highest BCUT2D eigenvalue weighted by atomic mass is 32.2. The van der Waals surface area contributed by atoms with Gasteiger partial charge in [-0.15, -0.1) is 0 Å². The molecule has 1 aromatic heterocycles. The Morgan fingerprint density at radius 2 is 2.04 bits per heavy atom. The van der Waals surface area contributed by atoms with Crippen LogP contribution in [0.4, 0.5) is 4.79 Å². The fourth-order valence-corrected chi connectivity index (χ4v) is 2.90. The van der Waals surface area contributed by atoms with E-state index < -0.39 is 6.03 Å². The van der Waals surface area contributed by atoms with Crippen LogP contribution in [0.1, 0.15) is 25.3 Å². The van der Waals surface area contributed by atoms with Crippen LogP contribution in [0.3, 0.4) is 0 Å². The number of nitrogens with one attached hydrogen (secondary N) is 2. The van der Waals surface area contributed by atoms with Crippen molar-refractivity contribution in [2.75, 3.05) is 12.8 Å². The molecule has 0 unspecified atom stereocenters. The molecule has 0 bridgehead atoms. The summed E-state index contributed by atoms with van der Waals surface area (Å²) >= 11 is 1.29. The second-order valence-corrected chi connectivity index (χ2v) is 6.15. The van der Waals surface area contributed by atoms with Gasteiger partial charge in [-0.1, -0.05) is 43.8 Å². The molecule has 3 amide bonds. The predicted octanol–water partition coefficient (Wildman–Crippen LogP) is 2.54. The quantitative estimate of drug-likeness (QED) is 0.825. The van der Waals surface area contributed by atoms with Gasteiger partial charge in [0.25, 0.3) is 0 Å². The third-order valence-corrected chi connectivity index (χ3v) is 4.20. The molecule has 0 aliphatic rings. The number of para-hydroxylation sites is 1. The van der Waals surface area contributed by atoms with E-state index in [4.69, 9.17) is 0 Å². The van der Waals surface area contributed by atoms with Gasteiger partial charge in [-0.25, -0.2) is 9.78 Å². The van der Waals surface area contributed by atoms with Gasteiger partial charge >= 0.3 is 6.03 Å². The molecule has 2 aromatic rings. The zero-order valence-corrected chi connectivity index (χ0v) is 14.2. The van der Waals surface area contributed by atoms with E-state index >= 15 is 0 Å². The molecule has 0 aliphatic heterocycles. The molecule has 23 heavy (non-hydrogen) atoms. The van der Waals surface area contributed by atoms with Crippen LogP contribution in [-0.4, -0.2) is 34.3 Å². The summed E-state index contributed by atoms with van der Waals surface area (Å²) < 4.78 is 1.97.